The molecular formula is C15H14N4O2. The summed E-state index contributed by atoms with van der Waals surface area (Å²) in [4.78, 5) is 11.2. The third-order valence-electron chi connectivity index (χ3n) is 2.94. The summed E-state index contributed by atoms with van der Waals surface area (Å²) >= 11 is 0. The lowest BCUT2D eigenvalue weighted by Crippen LogP contribution is -2.07. The number of anilines is 1. The molecule has 0 bridgehead atoms. The number of nitrogens with one attached hydrogen (secondary N) is 1. The van der Waals surface area contributed by atoms with Gasteiger partial charge in [0.1, 0.15) is 11.6 Å². The summed E-state index contributed by atoms with van der Waals surface area (Å²) in [5, 5.41) is 19.8. The van der Waals surface area contributed by atoms with Crippen LogP contribution in [0.5, 0.6) is 11.6 Å². The molecule has 0 spiro atoms. The smallest absolute Gasteiger partial charge is 0.257 e. The Labute approximate surface area is 122 Å². The summed E-state index contributed by atoms with van der Waals surface area (Å²) in [6.07, 6.45) is 0. The monoisotopic (exact) mass is 282 g/mol. The van der Waals surface area contributed by atoms with Crippen LogP contribution in [-0.2, 0) is 4.79 Å². The van der Waals surface area contributed by atoms with Gasteiger partial charge in [0.25, 0.3) is 5.88 Å². The first-order valence-electron chi connectivity index (χ1n) is 6.31. The van der Waals surface area contributed by atoms with Crippen LogP contribution < -0.4 is 10.1 Å². The van der Waals surface area contributed by atoms with E-state index in [2.05, 4.69) is 21.6 Å². The Kier molecular flexibility index (Phi) is 4.14. The maximum atomic E-state index is 11.2. The molecule has 0 saturated heterocycles. The van der Waals surface area contributed by atoms with Crippen LogP contribution in [-0.4, -0.2) is 16.1 Å². The maximum Gasteiger partial charge on any atom is 0.257 e. The Morgan fingerprint density at radius 3 is 2.67 bits per heavy atom. The molecule has 1 aromatic heterocycles. The predicted octanol–water partition coefficient (Wildman–Crippen LogP) is 2.72. The zero-order valence-electron chi connectivity index (χ0n) is 12.0. The van der Waals surface area contributed by atoms with Crippen LogP contribution in [0.2, 0.25) is 0 Å². The van der Waals surface area contributed by atoms with E-state index < -0.39 is 0 Å². The second-order valence-corrected chi connectivity index (χ2v) is 4.48. The fourth-order valence-corrected chi connectivity index (χ4v) is 1.74. The van der Waals surface area contributed by atoms with Crippen LogP contribution in [0, 0.1) is 25.2 Å². The first-order chi connectivity index (χ1) is 10.0. The van der Waals surface area contributed by atoms with E-state index in [-0.39, 0.29) is 11.8 Å². The molecule has 0 aliphatic heterocycles. The van der Waals surface area contributed by atoms with Crippen molar-refractivity contribution >= 4 is 11.6 Å². The molecule has 2 rings (SSSR count). The van der Waals surface area contributed by atoms with Gasteiger partial charge in [0.15, 0.2) is 5.75 Å². The molecule has 1 aromatic carbocycles. The zero-order valence-corrected chi connectivity index (χ0v) is 12.0. The summed E-state index contributed by atoms with van der Waals surface area (Å²) < 4.78 is 5.66. The van der Waals surface area contributed by atoms with E-state index >= 15 is 0 Å². The molecule has 1 heterocycles. The number of para-hydroxylation sites is 2. The van der Waals surface area contributed by atoms with Crippen molar-refractivity contribution in [2.24, 2.45) is 0 Å². The van der Waals surface area contributed by atoms with Gasteiger partial charge in [-0.25, -0.2) is 0 Å². The van der Waals surface area contributed by atoms with E-state index in [1.807, 2.05) is 0 Å². The third kappa shape index (κ3) is 3.15. The fourth-order valence-electron chi connectivity index (χ4n) is 1.74. The molecule has 1 N–H and O–H groups in total. The second kappa shape index (κ2) is 6.01. The highest BCUT2D eigenvalue weighted by molar-refractivity contribution is 5.90. The maximum absolute atomic E-state index is 11.2. The standard InChI is InChI=1S/C15H14N4O2/c1-9-10(2)18-19-15(12(9)8-16)21-14-7-5-4-6-13(14)17-11(3)20/h4-7H,1-3H3,(H,17,20). The number of aromatic nitrogens is 2. The van der Waals surface area contributed by atoms with E-state index in [1.54, 1.807) is 38.1 Å². The highest BCUT2D eigenvalue weighted by Crippen LogP contribution is 2.30. The van der Waals surface area contributed by atoms with Crippen LogP contribution in [0.15, 0.2) is 24.3 Å². The Morgan fingerprint density at radius 1 is 1.29 bits per heavy atom. The lowest BCUT2D eigenvalue weighted by molar-refractivity contribution is -0.114. The molecule has 0 aliphatic carbocycles. The number of hydrogen-bond donors (Lipinski definition) is 1. The first kappa shape index (κ1) is 14.5. The fraction of sp³-hybridized carbons (Fsp3) is 0.200. The minimum atomic E-state index is -0.210. The Hall–Kier alpha value is -2.94. The molecule has 106 valence electrons. The van der Waals surface area contributed by atoms with Crippen LogP contribution in [0.25, 0.3) is 0 Å². The number of hydrogen-bond acceptors (Lipinski definition) is 5. The Balaban J connectivity index is 2.42. The SMILES string of the molecule is CC(=O)Nc1ccccc1Oc1nnc(C)c(C)c1C#N. The summed E-state index contributed by atoms with van der Waals surface area (Å²) in [5.41, 5.74) is 2.24. The summed E-state index contributed by atoms with van der Waals surface area (Å²) in [6, 6.07) is 9.00. The number of carbonyl (C=O) groups excluding carboxylic acids is 1. The minimum absolute atomic E-state index is 0.124. The number of ether oxygens (including phenoxy) is 1. The molecular weight excluding hydrogens is 268 g/mol. The molecule has 21 heavy (non-hydrogen) atoms. The van der Waals surface area contributed by atoms with E-state index in [0.717, 1.165) is 5.56 Å². The summed E-state index contributed by atoms with van der Waals surface area (Å²) in [5.74, 6) is 0.317. The molecule has 6 heteroatoms. The molecule has 0 fully saturated rings. The molecule has 0 atom stereocenters. The molecule has 0 unspecified atom stereocenters. The van der Waals surface area contributed by atoms with Gasteiger partial charge in [-0.2, -0.15) is 10.4 Å². The van der Waals surface area contributed by atoms with Gasteiger partial charge in [-0.15, -0.1) is 5.10 Å². The first-order valence-corrected chi connectivity index (χ1v) is 6.31. The molecule has 0 aliphatic rings. The molecule has 0 radical (unpaired) electrons. The Morgan fingerprint density at radius 2 is 2.00 bits per heavy atom. The van der Waals surface area contributed by atoms with E-state index in [4.69, 9.17) is 4.74 Å². The van der Waals surface area contributed by atoms with Crippen molar-refractivity contribution < 1.29 is 9.53 Å². The van der Waals surface area contributed by atoms with Crippen molar-refractivity contribution in [1.82, 2.24) is 10.2 Å². The Bertz CT molecular complexity index is 735. The summed E-state index contributed by atoms with van der Waals surface area (Å²) in [6.45, 7) is 4.97. The van der Waals surface area contributed by atoms with Crippen molar-refractivity contribution in [2.75, 3.05) is 5.32 Å². The van der Waals surface area contributed by atoms with Gasteiger partial charge >= 0.3 is 0 Å². The topological polar surface area (TPSA) is 87.9 Å². The number of nitrogens with zero attached hydrogens (tertiary/aromatic N) is 3. The number of carbonyl (C=O) groups is 1. The summed E-state index contributed by atoms with van der Waals surface area (Å²) in [7, 11) is 0. The number of aryl methyl sites for hydroxylation is 1. The van der Waals surface area contributed by atoms with Crippen LogP contribution in [0.3, 0.4) is 0 Å². The van der Waals surface area contributed by atoms with Gasteiger partial charge in [0.2, 0.25) is 5.91 Å². The van der Waals surface area contributed by atoms with E-state index in [9.17, 15) is 10.1 Å². The number of nitriles is 1. The van der Waals surface area contributed by atoms with Gasteiger partial charge in [0, 0.05) is 6.92 Å². The average molecular weight is 282 g/mol. The largest absolute Gasteiger partial charge is 0.434 e. The van der Waals surface area contributed by atoms with Gasteiger partial charge in [0.05, 0.1) is 11.4 Å². The predicted molar refractivity (Wildman–Crippen MR) is 77.0 cm³/mol. The van der Waals surface area contributed by atoms with Crippen LogP contribution in [0.4, 0.5) is 5.69 Å². The zero-order chi connectivity index (χ0) is 15.4. The number of amides is 1. The van der Waals surface area contributed by atoms with Gasteiger partial charge in [-0.1, -0.05) is 12.1 Å². The second-order valence-electron chi connectivity index (χ2n) is 4.48. The highest BCUT2D eigenvalue weighted by Gasteiger charge is 2.14. The quantitative estimate of drug-likeness (QED) is 0.935. The van der Waals surface area contributed by atoms with Crippen molar-refractivity contribution in [3.63, 3.8) is 0 Å². The normalized spacial score (nSPS) is 9.81. The van der Waals surface area contributed by atoms with Crippen molar-refractivity contribution in [3.05, 3.63) is 41.1 Å². The minimum Gasteiger partial charge on any atom is -0.434 e. The molecule has 1 amide bonds. The van der Waals surface area contributed by atoms with Crippen molar-refractivity contribution in [3.8, 4) is 17.7 Å². The number of rotatable bonds is 3. The highest BCUT2D eigenvalue weighted by atomic mass is 16.5. The van der Waals surface area contributed by atoms with E-state index in [0.29, 0.717) is 22.7 Å². The number of benzene rings is 1. The van der Waals surface area contributed by atoms with Crippen LogP contribution >= 0.6 is 0 Å². The van der Waals surface area contributed by atoms with Crippen LogP contribution in [0.1, 0.15) is 23.7 Å². The molecule has 6 nitrogen and oxygen atoms in total. The molecule has 0 saturated carbocycles. The van der Waals surface area contributed by atoms with Gasteiger partial charge < -0.3 is 10.1 Å². The lowest BCUT2D eigenvalue weighted by Gasteiger charge is -2.12. The van der Waals surface area contributed by atoms with Gasteiger partial charge in [-0.3, -0.25) is 4.79 Å². The van der Waals surface area contributed by atoms with E-state index in [1.165, 1.54) is 6.92 Å². The molecule has 2 aromatic rings. The van der Waals surface area contributed by atoms with Gasteiger partial charge in [-0.05, 0) is 31.5 Å². The lowest BCUT2D eigenvalue weighted by atomic mass is 10.1. The average Bonchev–Trinajstić information content (AvgIpc) is 2.45. The third-order valence-corrected chi connectivity index (χ3v) is 2.94. The van der Waals surface area contributed by atoms with Crippen molar-refractivity contribution in [1.29, 1.82) is 5.26 Å². The van der Waals surface area contributed by atoms with Crippen molar-refractivity contribution in [2.45, 2.75) is 20.8 Å².